The van der Waals surface area contributed by atoms with Crippen molar-refractivity contribution in [2.45, 2.75) is 45.4 Å². The van der Waals surface area contributed by atoms with Gasteiger partial charge in [-0.05, 0) is 54.9 Å². The summed E-state index contributed by atoms with van der Waals surface area (Å²) >= 11 is 0. The lowest BCUT2D eigenvalue weighted by molar-refractivity contribution is 0.564. The summed E-state index contributed by atoms with van der Waals surface area (Å²) in [6.07, 6.45) is 4.28. The monoisotopic (exact) mass is 253 g/mol. The van der Waals surface area contributed by atoms with E-state index in [0.29, 0.717) is 11.8 Å². The first-order valence-corrected chi connectivity index (χ1v) is 7.15. The molecule has 2 aromatic rings. The first-order chi connectivity index (χ1) is 9.18. The van der Waals surface area contributed by atoms with E-state index in [-0.39, 0.29) is 0 Å². The molecule has 0 aliphatic rings. The minimum atomic E-state index is 0.535. The second-order valence-corrected chi connectivity index (χ2v) is 5.49. The van der Waals surface area contributed by atoms with E-state index in [1.165, 1.54) is 29.7 Å². The van der Waals surface area contributed by atoms with Gasteiger partial charge in [0.25, 0.3) is 0 Å². The predicted molar refractivity (Wildman–Crippen MR) is 81.5 cm³/mol. The van der Waals surface area contributed by atoms with E-state index in [1.807, 2.05) is 12.3 Å². The van der Waals surface area contributed by atoms with Gasteiger partial charge in [0.05, 0.1) is 0 Å². The molecule has 0 bridgehead atoms. The number of hydrogen-bond donors (Lipinski definition) is 0. The van der Waals surface area contributed by atoms with E-state index >= 15 is 0 Å². The number of hydrogen-bond acceptors (Lipinski definition) is 1. The van der Waals surface area contributed by atoms with Crippen LogP contribution in [0.3, 0.4) is 0 Å². The van der Waals surface area contributed by atoms with Gasteiger partial charge in [-0.25, -0.2) is 0 Å². The molecule has 0 saturated heterocycles. The van der Waals surface area contributed by atoms with Gasteiger partial charge in [-0.3, -0.25) is 4.98 Å². The average Bonchev–Trinajstić information content (AvgIpc) is 2.46. The van der Waals surface area contributed by atoms with Gasteiger partial charge in [0.15, 0.2) is 0 Å². The first-order valence-electron chi connectivity index (χ1n) is 7.15. The van der Waals surface area contributed by atoms with Crippen LogP contribution in [0.1, 0.15) is 55.3 Å². The van der Waals surface area contributed by atoms with Crippen LogP contribution >= 0.6 is 0 Å². The van der Waals surface area contributed by atoms with E-state index in [0.717, 1.165) is 0 Å². The Labute approximate surface area is 116 Å². The Morgan fingerprint density at radius 3 is 2.26 bits per heavy atom. The Hall–Kier alpha value is -1.63. The summed E-state index contributed by atoms with van der Waals surface area (Å²) in [5.41, 5.74) is 4.09. The lowest BCUT2D eigenvalue weighted by Crippen LogP contribution is -2.01. The predicted octanol–water partition coefficient (Wildman–Crippen LogP) is 5.08. The highest BCUT2D eigenvalue weighted by atomic mass is 14.7. The fraction of sp³-hybridized carbons (Fsp3) is 0.389. The maximum absolute atomic E-state index is 4.45. The highest BCUT2D eigenvalue weighted by Gasteiger charge is 2.12. The van der Waals surface area contributed by atoms with Crippen molar-refractivity contribution in [3.05, 3.63) is 65.5 Å². The molecule has 0 spiro atoms. The van der Waals surface area contributed by atoms with Crippen molar-refractivity contribution in [3.63, 3.8) is 0 Å². The molecule has 2 unspecified atom stereocenters. The molecule has 1 nitrogen and oxygen atoms in total. The largest absolute Gasteiger partial charge is 0.261 e. The van der Waals surface area contributed by atoms with E-state index in [1.54, 1.807) is 0 Å². The summed E-state index contributed by atoms with van der Waals surface area (Å²) in [4.78, 5) is 4.45. The molecule has 1 aromatic carbocycles. The SMILES string of the molecule is Cc1ccccc1C(C)CCC(C)c1ccccn1. The van der Waals surface area contributed by atoms with Gasteiger partial charge in [0, 0.05) is 11.9 Å². The smallest absolute Gasteiger partial charge is 0.0431 e. The van der Waals surface area contributed by atoms with E-state index in [2.05, 4.69) is 62.2 Å². The van der Waals surface area contributed by atoms with Crippen molar-refractivity contribution in [1.29, 1.82) is 0 Å². The third-order valence-corrected chi connectivity index (χ3v) is 3.94. The molecule has 0 aliphatic heterocycles. The van der Waals surface area contributed by atoms with Crippen molar-refractivity contribution in [2.24, 2.45) is 0 Å². The van der Waals surface area contributed by atoms with Crippen LogP contribution in [-0.4, -0.2) is 4.98 Å². The van der Waals surface area contributed by atoms with E-state index in [4.69, 9.17) is 0 Å². The number of pyridine rings is 1. The van der Waals surface area contributed by atoms with Crippen molar-refractivity contribution >= 4 is 0 Å². The van der Waals surface area contributed by atoms with Crippen LogP contribution in [0.15, 0.2) is 48.7 Å². The molecule has 1 heteroatoms. The summed E-state index contributed by atoms with van der Waals surface area (Å²) < 4.78 is 0. The molecule has 2 rings (SSSR count). The van der Waals surface area contributed by atoms with Crippen LogP contribution in [0.5, 0.6) is 0 Å². The first kappa shape index (κ1) is 13.8. The summed E-state index contributed by atoms with van der Waals surface area (Å²) in [5.74, 6) is 1.15. The van der Waals surface area contributed by atoms with E-state index < -0.39 is 0 Å². The Morgan fingerprint density at radius 2 is 1.58 bits per heavy atom. The topological polar surface area (TPSA) is 12.9 Å². The molecule has 0 radical (unpaired) electrons. The Kier molecular flexibility index (Phi) is 4.73. The van der Waals surface area contributed by atoms with Gasteiger partial charge in [0.2, 0.25) is 0 Å². The van der Waals surface area contributed by atoms with Crippen LogP contribution in [-0.2, 0) is 0 Å². The Bertz CT molecular complexity index is 504. The minimum absolute atomic E-state index is 0.535. The van der Waals surface area contributed by atoms with Gasteiger partial charge >= 0.3 is 0 Å². The zero-order valence-corrected chi connectivity index (χ0v) is 12.1. The van der Waals surface area contributed by atoms with Gasteiger partial charge < -0.3 is 0 Å². The maximum atomic E-state index is 4.45. The molecule has 0 amide bonds. The van der Waals surface area contributed by atoms with Gasteiger partial charge in [-0.1, -0.05) is 44.2 Å². The Morgan fingerprint density at radius 1 is 0.895 bits per heavy atom. The molecule has 100 valence electrons. The fourth-order valence-corrected chi connectivity index (χ4v) is 2.61. The fourth-order valence-electron chi connectivity index (χ4n) is 2.61. The summed E-state index contributed by atoms with van der Waals surface area (Å²) in [6.45, 7) is 6.80. The molecular weight excluding hydrogens is 230 g/mol. The third kappa shape index (κ3) is 3.66. The van der Waals surface area contributed by atoms with Crippen LogP contribution in [0, 0.1) is 6.92 Å². The standard InChI is InChI=1S/C18H23N/c1-14-8-4-5-9-17(14)15(2)11-12-16(3)18-10-6-7-13-19-18/h4-10,13,15-16H,11-12H2,1-3H3. The minimum Gasteiger partial charge on any atom is -0.261 e. The number of nitrogens with zero attached hydrogens (tertiary/aromatic N) is 1. The van der Waals surface area contributed by atoms with E-state index in [9.17, 15) is 0 Å². The number of benzene rings is 1. The van der Waals surface area contributed by atoms with Crippen LogP contribution < -0.4 is 0 Å². The second kappa shape index (κ2) is 6.51. The quantitative estimate of drug-likeness (QED) is 0.724. The molecule has 0 saturated carbocycles. The Balaban J connectivity index is 1.94. The molecule has 0 N–H and O–H groups in total. The number of aryl methyl sites for hydroxylation is 1. The second-order valence-electron chi connectivity index (χ2n) is 5.49. The average molecular weight is 253 g/mol. The molecule has 0 aliphatic carbocycles. The molecular formula is C18H23N. The molecule has 2 atom stereocenters. The molecule has 1 aromatic heterocycles. The maximum Gasteiger partial charge on any atom is 0.0431 e. The highest BCUT2D eigenvalue weighted by molar-refractivity contribution is 5.28. The van der Waals surface area contributed by atoms with Crippen LogP contribution in [0.2, 0.25) is 0 Å². The van der Waals surface area contributed by atoms with Crippen molar-refractivity contribution in [2.75, 3.05) is 0 Å². The van der Waals surface area contributed by atoms with Crippen LogP contribution in [0.4, 0.5) is 0 Å². The lowest BCUT2D eigenvalue weighted by Gasteiger charge is -2.17. The summed E-state index contributed by atoms with van der Waals surface area (Å²) in [5, 5.41) is 0. The molecule has 0 fully saturated rings. The van der Waals surface area contributed by atoms with Crippen molar-refractivity contribution in [1.82, 2.24) is 4.98 Å². The van der Waals surface area contributed by atoms with Crippen molar-refractivity contribution in [3.8, 4) is 0 Å². The lowest BCUT2D eigenvalue weighted by atomic mass is 9.89. The summed E-state index contributed by atoms with van der Waals surface area (Å²) in [6, 6.07) is 14.9. The van der Waals surface area contributed by atoms with Gasteiger partial charge in [-0.2, -0.15) is 0 Å². The van der Waals surface area contributed by atoms with Crippen molar-refractivity contribution < 1.29 is 0 Å². The zero-order chi connectivity index (χ0) is 13.7. The highest BCUT2D eigenvalue weighted by Crippen LogP contribution is 2.28. The number of aromatic nitrogens is 1. The van der Waals surface area contributed by atoms with Crippen LogP contribution in [0.25, 0.3) is 0 Å². The third-order valence-electron chi connectivity index (χ3n) is 3.94. The molecule has 1 heterocycles. The van der Waals surface area contributed by atoms with Gasteiger partial charge in [-0.15, -0.1) is 0 Å². The summed E-state index contributed by atoms with van der Waals surface area (Å²) in [7, 11) is 0. The normalized spacial score (nSPS) is 14.1. The molecule has 19 heavy (non-hydrogen) atoms. The zero-order valence-electron chi connectivity index (χ0n) is 12.1. The van der Waals surface area contributed by atoms with Gasteiger partial charge in [0.1, 0.15) is 0 Å². The number of rotatable bonds is 5.